The van der Waals surface area contributed by atoms with Crippen LogP contribution in [0.4, 0.5) is 0 Å². The first-order valence-corrected chi connectivity index (χ1v) is 22.1. The molecule has 0 aliphatic heterocycles. The molecular formula is C49H82O5. The smallest absolute Gasteiger partial charge is 0.306 e. The van der Waals surface area contributed by atoms with Crippen LogP contribution in [0.2, 0.25) is 0 Å². The van der Waals surface area contributed by atoms with Crippen LogP contribution in [0.25, 0.3) is 0 Å². The molecule has 0 N–H and O–H groups in total. The van der Waals surface area contributed by atoms with Crippen molar-refractivity contribution < 1.29 is 23.8 Å². The van der Waals surface area contributed by atoms with Gasteiger partial charge in [-0.05, 0) is 103 Å². The van der Waals surface area contributed by atoms with E-state index in [1.807, 2.05) is 0 Å². The third-order valence-corrected chi connectivity index (χ3v) is 8.90. The average Bonchev–Trinajstić information content (AvgIpc) is 3.17. The summed E-state index contributed by atoms with van der Waals surface area (Å²) >= 11 is 0. The molecule has 0 fully saturated rings. The van der Waals surface area contributed by atoms with E-state index in [1.54, 1.807) is 0 Å². The highest BCUT2D eigenvalue weighted by Gasteiger charge is 2.17. The molecule has 0 aromatic carbocycles. The zero-order chi connectivity index (χ0) is 39.3. The fourth-order valence-electron chi connectivity index (χ4n) is 5.63. The summed E-state index contributed by atoms with van der Waals surface area (Å²) in [4.78, 5) is 25.2. The molecule has 0 radical (unpaired) electrons. The largest absolute Gasteiger partial charge is 0.462 e. The maximum absolute atomic E-state index is 12.7. The van der Waals surface area contributed by atoms with E-state index in [9.17, 15) is 9.59 Å². The van der Waals surface area contributed by atoms with E-state index in [0.717, 1.165) is 103 Å². The van der Waals surface area contributed by atoms with E-state index in [4.69, 9.17) is 14.2 Å². The maximum atomic E-state index is 12.7. The fourth-order valence-corrected chi connectivity index (χ4v) is 5.63. The van der Waals surface area contributed by atoms with E-state index >= 15 is 0 Å². The van der Waals surface area contributed by atoms with Crippen molar-refractivity contribution in [3.8, 4) is 0 Å². The summed E-state index contributed by atoms with van der Waals surface area (Å²) in [5.74, 6) is -0.475. The number of unbranched alkanes of at least 4 members (excludes halogenated alkanes) is 14. The second-order valence-electron chi connectivity index (χ2n) is 14.2. The van der Waals surface area contributed by atoms with Crippen LogP contribution in [0.1, 0.15) is 188 Å². The van der Waals surface area contributed by atoms with E-state index in [0.29, 0.717) is 19.4 Å². The molecule has 0 aromatic rings. The second kappa shape index (κ2) is 44.5. The van der Waals surface area contributed by atoms with Gasteiger partial charge in [0.1, 0.15) is 6.61 Å². The van der Waals surface area contributed by atoms with Crippen molar-refractivity contribution in [3.05, 3.63) is 85.1 Å². The molecule has 0 saturated heterocycles. The lowest BCUT2D eigenvalue weighted by Crippen LogP contribution is -2.30. The number of rotatable bonds is 39. The second-order valence-corrected chi connectivity index (χ2v) is 14.2. The lowest BCUT2D eigenvalue weighted by atomic mass is 10.1. The van der Waals surface area contributed by atoms with Gasteiger partial charge in [-0.1, -0.05) is 157 Å². The Morgan fingerprint density at radius 3 is 1.35 bits per heavy atom. The highest BCUT2D eigenvalue weighted by molar-refractivity contribution is 5.70. The Kier molecular flexibility index (Phi) is 42.1. The molecule has 0 bridgehead atoms. The predicted molar refractivity (Wildman–Crippen MR) is 233 cm³/mol. The lowest BCUT2D eigenvalue weighted by Gasteiger charge is -2.18. The molecule has 1 unspecified atom stereocenters. The molecule has 5 nitrogen and oxygen atoms in total. The molecular weight excluding hydrogens is 669 g/mol. The van der Waals surface area contributed by atoms with Crippen LogP contribution in [0.3, 0.4) is 0 Å². The van der Waals surface area contributed by atoms with Crippen molar-refractivity contribution in [3.63, 3.8) is 0 Å². The Morgan fingerprint density at radius 2 is 0.833 bits per heavy atom. The summed E-state index contributed by atoms with van der Waals surface area (Å²) in [5.41, 5.74) is 0. The van der Waals surface area contributed by atoms with Crippen molar-refractivity contribution >= 4 is 11.9 Å². The van der Waals surface area contributed by atoms with Gasteiger partial charge in [-0.15, -0.1) is 0 Å². The number of carbonyl (C=O) groups excluding carboxylic acids is 2. The van der Waals surface area contributed by atoms with Crippen molar-refractivity contribution in [1.29, 1.82) is 0 Å². The number of carbonyl (C=O) groups is 2. The van der Waals surface area contributed by atoms with Gasteiger partial charge in [0.25, 0.3) is 0 Å². The lowest BCUT2D eigenvalue weighted by molar-refractivity contribution is -0.163. The highest BCUT2D eigenvalue weighted by atomic mass is 16.6. The summed E-state index contributed by atoms with van der Waals surface area (Å²) in [5, 5.41) is 0. The Morgan fingerprint density at radius 1 is 0.426 bits per heavy atom. The van der Waals surface area contributed by atoms with Crippen LogP contribution >= 0.6 is 0 Å². The minimum Gasteiger partial charge on any atom is -0.462 e. The van der Waals surface area contributed by atoms with Crippen molar-refractivity contribution in [1.82, 2.24) is 0 Å². The zero-order valence-corrected chi connectivity index (χ0v) is 35.2. The van der Waals surface area contributed by atoms with Crippen molar-refractivity contribution in [2.45, 2.75) is 194 Å². The summed E-state index contributed by atoms with van der Waals surface area (Å²) in [6.45, 7) is 7.47. The monoisotopic (exact) mass is 751 g/mol. The molecule has 0 heterocycles. The average molecular weight is 751 g/mol. The first-order valence-electron chi connectivity index (χ1n) is 22.1. The number of ether oxygens (including phenoxy) is 3. The van der Waals surface area contributed by atoms with Crippen LogP contribution in [-0.4, -0.2) is 37.9 Å². The Hall–Kier alpha value is -2.92. The number of esters is 2. The van der Waals surface area contributed by atoms with Crippen LogP contribution in [-0.2, 0) is 23.8 Å². The molecule has 5 heteroatoms. The van der Waals surface area contributed by atoms with Gasteiger partial charge in [0.05, 0.1) is 6.61 Å². The number of hydrogen-bond acceptors (Lipinski definition) is 5. The molecule has 308 valence electrons. The van der Waals surface area contributed by atoms with Gasteiger partial charge in [0.2, 0.25) is 0 Å². The highest BCUT2D eigenvalue weighted by Crippen LogP contribution is 2.11. The topological polar surface area (TPSA) is 61.8 Å². The normalized spacial score (nSPS) is 13.0. The number of hydrogen-bond donors (Lipinski definition) is 0. The van der Waals surface area contributed by atoms with Gasteiger partial charge in [-0.25, -0.2) is 0 Å². The zero-order valence-electron chi connectivity index (χ0n) is 35.2. The minimum atomic E-state index is -0.567. The SMILES string of the molecule is CC/C=C\C/C=C\C/C=C\CCCCCC(=O)OCC(COCCCCCCCC/C=C\CCCC)OC(=O)CCCCC/C=C\C/C=C\C/C=C\CC. The molecule has 0 amide bonds. The van der Waals surface area contributed by atoms with E-state index in [2.05, 4.69) is 106 Å². The van der Waals surface area contributed by atoms with E-state index in [-0.39, 0.29) is 25.2 Å². The third kappa shape index (κ3) is 41.8. The third-order valence-electron chi connectivity index (χ3n) is 8.90. The summed E-state index contributed by atoms with van der Waals surface area (Å²) in [7, 11) is 0. The van der Waals surface area contributed by atoms with Crippen molar-refractivity contribution in [2.24, 2.45) is 0 Å². The maximum Gasteiger partial charge on any atom is 0.306 e. The molecule has 0 aliphatic carbocycles. The standard InChI is InChI=1S/C49H82O5/c1-4-7-10-13-16-19-22-25-27-30-33-36-39-42-48(50)53-46-47(45-52-44-41-38-35-32-29-24-21-18-15-12-9-6-3)54-49(51)43-40-37-34-31-28-26-23-20-17-14-11-8-5-2/h7-8,10-11,15-20,25-28,47H,4-6,9,12-14,21-24,29-46H2,1-3H3/b10-7-,11-8-,18-15-,19-16-,20-17-,27-25-,28-26-. The summed E-state index contributed by atoms with van der Waals surface area (Å²) in [6, 6.07) is 0. The van der Waals surface area contributed by atoms with Gasteiger partial charge < -0.3 is 14.2 Å². The minimum absolute atomic E-state index is 0.0517. The first kappa shape index (κ1) is 51.1. The van der Waals surface area contributed by atoms with Gasteiger partial charge in [-0.2, -0.15) is 0 Å². The molecule has 54 heavy (non-hydrogen) atoms. The molecule has 0 aromatic heterocycles. The number of allylic oxidation sites excluding steroid dienone is 14. The van der Waals surface area contributed by atoms with E-state index in [1.165, 1.54) is 51.4 Å². The predicted octanol–water partition coefficient (Wildman–Crippen LogP) is 14.6. The van der Waals surface area contributed by atoms with Crippen LogP contribution in [0, 0.1) is 0 Å². The van der Waals surface area contributed by atoms with Gasteiger partial charge in [0.15, 0.2) is 6.10 Å². The van der Waals surface area contributed by atoms with E-state index < -0.39 is 6.10 Å². The van der Waals surface area contributed by atoms with Crippen molar-refractivity contribution in [2.75, 3.05) is 19.8 Å². The fraction of sp³-hybridized carbons (Fsp3) is 0.673. The van der Waals surface area contributed by atoms with Gasteiger partial charge >= 0.3 is 11.9 Å². The molecule has 0 rings (SSSR count). The van der Waals surface area contributed by atoms with Crippen LogP contribution in [0.15, 0.2) is 85.1 Å². The molecule has 1 atom stereocenters. The van der Waals surface area contributed by atoms with Gasteiger partial charge in [-0.3, -0.25) is 9.59 Å². The summed E-state index contributed by atoms with van der Waals surface area (Å²) < 4.78 is 17.2. The summed E-state index contributed by atoms with van der Waals surface area (Å²) in [6.07, 6.45) is 57.2. The molecule has 0 aliphatic rings. The Bertz CT molecular complexity index is 1030. The quantitative estimate of drug-likeness (QED) is 0.0356. The van der Waals surface area contributed by atoms with Crippen LogP contribution < -0.4 is 0 Å². The van der Waals surface area contributed by atoms with Crippen LogP contribution in [0.5, 0.6) is 0 Å². The van der Waals surface area contributed by atoms with Gasteiger partial charge in [0, 0.05) is 19.4 Å². The Balaban J connectivity index is 4.38. The Labute approximate surface area is 333 Å². The molecule has 0 spiro atoms. The molecule has 0 saturated carbocycles. The first-order chi connectivity index (χ1) is 26.6.